The zero-order valence-electron chi connectivity index (χ0n) is 15.3. The molecule has 0 spiro atoms. The first-order chi connectivity index (χ1) is 13.6. The van der Waals surface area contributed by atoms with Gasteiger partial charge in [0.05, 0.1) is 37.9 Å². The van der Waals surface area contributed by atoms with E-state index in [0.29, 0.717) is 5.69 Å². The third-order valence-corrected chi connectivity index (χ3v) is 3.88. The molecule has 0 saturated heterocycles. The van der Waals surface area contributed by atoms with E-state index in [0.717, 1.165) is 23.0 Å². The molecular weight excluding hydrogens is 360 g/mol. The molecule has 0 atom stereocenters. The number of methoxy groups -OCH3 is 2. The molecule has 8 heteroatoms. The van der Waals surface area contributed by atoms with E-state index in [-0.39, 0.29) is 5.70 Å². The molecule has 3 aromatic rings. The van der Waals surface area contributed by atoms with E-state index in [9.17, 15) is 9.59 Å². The Kier molecular flexibility index (Phi) is 5.81. The number of rotatable bonds is 6. The van der Waals surface area contributed by atoms with Crippen molar-refractivity contribution >= 4 is 17.6 Å². The molecule has 8 nitrogen and oxygen atoms in total. The molecule has 0 fully saturated rings. The molecule has 0 saturated carbocycles. The predicted octanol–water partition coefficient (Wildman–Crippen LogP) is 2.58. The monoisotopic (exact) mass is 378 g/mol. The Hall–Kier alpha value is -3.94. The Balaban J connectivity index is 1.85. The summed E-state index contributed by atoms with van der Waals surface area (Å²) < 4.78 is 10.9. The molecule has 0 aliphatic heterocycles. The molecule has 1 aromatic heterocycles. The standard InChI is InChI=1S/C20H18N4O4/c1-27-19(25)12-17(20(26)28-2)22-15-8-10-16(11-9-15)24-18(13-21-23-24)14-6-4-3-5-7-14/h3-13,22H,1-2H3/b17-12+. The fourth-order valence-corrected chi connectivity index (χ4v) is 2.51. The summed E-state index contributed by atoms with van der Waals surface area (Å²) in [5.41, 5.74) is 3.18. The third-order valence-electron chi connectivity index (χ3n) is 3.88. The van der Waals surface area contributed by atoms with Crippen LogP contribution in [0.5, 0.6) is 0 Å². The van der Waals surface area contributed by atoms with Crippen molar-refractivity contribution in [2.45, 2.75) is 0 Å². The van der Waals surface area contributed by atoms with Crippen LogP contribution in [0.25, 0.3) is 16.9 Å². The van der Waals surface area contributed by atoms with Crippen LogP contribution in [0, 0.1) is 0 Å². The second kappa shape index (κ2) is 8.63. The first kappa shape index (κ1) is 18.8. The van der Waals surface area contributed by atoms with Crippen molar-refractivity contribution in [3.8, 4) is 16.9 Å². The normalized spacial score (nSPS) is 11.0. The average molecular weight is 378 g/mol. The molecule has 0 bridgehead atoms. The predicted molar refractivity (Wildman–Crippen MR) is 103 cm³/mol. The van der Waals surface area contributed by atoms with E-state index in [1.165, 1.54) is 14.2 Å². The van der Waals surface area contributed by atoms with E-state index < -0.39 is 11.9 Å². The van der Waals surface area contributed by atoms with Gasteiger partial charge in [-0.2, -0.15) is 0 Å². The summed E-state index contributed by atoms with van der Waals surface area (Å²) in [5.74, 6) is -1.35. The van der Waals surface area contributed by atoms with Crippen molar-refractivity contribution in [3.63, 3.8) is 0 Å². The number of hydrogen-bond acceptors (Lipinski definition) is 7. The highest BCUT2D eigenvalue weighted by atomic mass is 16.5. The zero-order chi connectivity index (χ0) is 19.9. The van der Waals surface area contributed by atoms with E-state index in [4.69, 9.17) is 0 Å². The fraction of sp³-hybridized carbons (Fsp3) is 0.100. The summed E-state index contributed by atoms with van der Waals surface area (Å²) >= 11 is 0. The molecule has 0 unspecified atom stereocenters. The maximum atomic E-state index is 11.8. The number of aromatic nitrogens is 3. The second-order valence-electron chi connectivity index (χ2n) is 5.64. The SMILES string of the molecule is COC(=O)/C=C(/Nc1ccc(-n2nncc2-c2ccccc2)cc1)C(=O)OC. The molecule has 1 heterocycles. The van der Waals surface area contributed by atoms with Gasteiger partial charge in [-0.05, 0) is 24.3 Å². The van der Waals surface area contributed by atoms with Crippen molar-refractivity contribution in [2.24, 2.45) is 0 Å². The van der Waals surface area contributed by atoms with E-state index >= 15 is 0 Å². The van der Waals surface area contributed by atoms with Gasteiger partial charge >= 0.3 is 11.9 Å². The molecule has 2 aromatic carbocycles. The number of anilines is 1. The van der Waals surface area contributed by atoms with Crippen molar-refractivity contribution in [3.05, 3.63) is 72.6 Å². The average Bonchev–Trinajstić information content (AvgIpc) is 3.23. The van der Waals surface area contributed by atoms with Crippen molar-refractivity contribution in [1.29, 1.82) is 0 Å². The summed E-state index contributed by atoms with van der Waals surface area (Å²) in [7, 11) is 2.46. The summed E-state index contributed by atoms with van der Waals surface area (Å²) in [6.45, 7) is 0. The van der Waals surface area contributed by atoms with Crippen LogP contribution < -0.4 is 5.32 Å². The Morgan fingerprint density at radius 2 is 1.71 bits per heavy atom. The molecule has 3 rings (SSSR count). The molecule has 1 N–H and O–H groups in total. The Morgan fingerprint density at radius 1 is 1.00 bits per heavy atom. The Bertz CT molecular complexity index is 995. The number of nitrogens with one attached hydrogen (secondary N) is 1. The van der Waals surface area contributed by atoms with Gasteiger partial charge in [-0.1, -0.05) is 35.5 Å². The molecule has 0 amide bonds. The van der Waals surface area contributed by atoms with Gasteiger partial charge in [0, 0.05) is 11.3 Å². The summed E-state index contributed by atoms with van der Waals surface area (Å²) in [6.07, 6.45) is 2.72. The molecule has 0 radical (unpaired) electrons. The molecular formula is C20H18N4O4. The lowest BCUT2D eigenvalue weighted by molar-refractivity contribution is -0.138. The lowest BCUT2D eigenvalue weighted by atomic mass is 10.1. The van der Waals surface area contributed by atoms with Gasteiger partial charge in [0.1, 0.15) is 5.70 Å². The quantitative estimate of drug-likeness (QED) is 0.520. The maximum absolute atomic E-state index is 11.8. The number of carbonyl (C=O) groups is 2. The summed E-state index contributed by atoms with van der Waals surface area (Å²) in [5, 5.41) is 11.0. The minimum atomic E-state index is -0.683. The highest BCUT2D eigenvalue weighted by Crippen LogP contribution is 2.22. The van der Waals surface area contributed by atoms with Crippen LogP contribution in [0.15, 0.2) is 72.6 Å². The number of esters is 2. The van der Waals surface area contributed by atoms with E-state index in [2.05, 4.69) is 25.1 Å². The lowest BCUT2D eigenvalue weighted by Gasteiger charge is -2.11. The van der Waals surface area contributed by atoms with Crippen LogP contribution in [-0.2, 0) is 19.1 Å². The molecule has 0 aliphatic carbocycles. The minimum absolute atomic E-state index is 0.0344. The van der Waals surface area contributed by atoms with Crippen LogP contribution in [0.4, 0.5) is 5.69 Å². The second-order valence-corrected chi connectivity index (χ2v) is 5.64. The van der Waals surface area contributed by atoms with Gasteiger partial charge in [0.15, 0.2) is 0 Å². The van der Waals surface area contributed by atoms with Gasteiger partial charge in [0.2, 0.25) is 0 Å². The minimum Gasteiger partial charge on any atom is -0.466 e. The van der Waals surface area contributed by atoms with Crippen molar-refractivity contribution < 1.29 is 19.1 Å². The number of carbonyl (C=O) groups excluding carboxylic acids is 2. The van der Waals surface area contributed by atoms with Gasteiger partial charge in [0.25, 0.3) is 0 Å². The van der Waals surface area contributed by atoms with Crippen LogP contribution in [0.3, 0.4) is 0 Å². The first-order valence-corrected chi connectivity index (χ1v) is 8.34. The fourth-order valence-electron chi connectivity index (χ4n) is 2.51. The van der Waals surface area contributed by atoms with Gasteiger partial charge in [-0.25, -0.2) is 14.3 Å². The van der Waals surface area contributed by atoms with Gasteiger partial charge in [-0.15, -0.1) is 5.10 Å². The number of hydrogen-bond donors (Lipinski definition) is 1. The third kappa shape index (κ3) is 4.24. The number of nitrogens with zero attached hydrogens (tertiary/aromatic N) is 3. The van der Waals surface area contributed by atoms with Crippen LogP contribution in [0.1, 0.15) is 0 Å². The van der Waals surface area contributed by atoms with Gasteiger partial charge in [-0.3, -0.25) is 0 Å². The zero-order valence-corrected chi connectivity index (χ0v) is 15.3. The summed E-state index contributed by atoms with van der Waals surface area (Å²) in [6, 6.07) is 16.9. The molecule has 0 aliphatic rings. The lowest BCUT2D eigenvalue weighted by Crippen LogP contribution is -2.15. The van der Waals surface area contributed by atoms with Crippen molar-refractivity contribution in [1.82, 2.24) is 15.0 Å². The van der Waals surface area contributed by atoms with E-state index in [1.54, 1.807) is 23.0 Å². The van der Waals surface area contributed by atoms with Crippen LogP contribution in [0.2, 0.25) is 0 Å². The topological polar surface area (TPSA) is 95.3 Å². The molecule has 142 valence electrons. The van der Waals surface area contributed by atoms with Crippen LogP contribution in [-0.4, -0.2) is 41.2 Å². The number of benzene rings is 2. The smallest absolute Gasteiger partial charge is 0.354 e. The maximum Gasteiger partial charge on any atom is 0.354 e. The Labute approximate surface area is 161 Å². The highest BCUT2D eigenvalue weighted by Gasteiger charge is 2.13. The number of ether oxygens (including phenoxy) is 2. The highest BCUT2D eigenvalue weighted by molar-refractivity contribution is 5.98. The first-order valence-electron chi connectivity index (χ1n) is 8.34. The van der Waals surface area contributed by atoms with Crippen molar-refractivity contribution in [2.75, 3.05) is 19.5 Å². The Morgan fingerprint density at radius 3 is 2.36 bits per heavy atom. The largest absolute Gasteiger partial charge is 0.466 e. The van der Waals surface area contributed by atoms with E-state index in [1.807, 2.05) is 42.5 Å². The van der Waals surface area contributed by atoms with Crippen LogP contribution >= 0.6 is 0 Å². The molecule has 28 heavy (non-hydrogen) atoms. The summed E-state index contributed by atoms with van der Waals surface area (Å²) in [4.78, 5) is 23.3. The van der Waals surface area contributed by atoms with Gasteiger partial charge < -0.3 is 14.8 Å².